The lowest BCUT2D eigenvalue weighted by molar-refractivity contribution is 0.0946. The van der Waals surface area contributed by atoms with Crippen LogP contribution in [0.25, 0.3) is 39.5 Å². The first kappa shape index (κ1) is 24.0. The van der Waals surface area contributed by atoms with Crippen LogP contribution in [0.2, 0.25) is 0 Å². The number of nitrogens with two attached hydrogens (primary N) is 1. The summed E-state index contributed by atoms with van der Waals surface area (Å²) < 4.78 is 2.67. The number of rotatable bonds is 6. The number of benzene rings is 2. The van der Waals surface area contributed by atoms with Crippen molar-refractivity contribution >= 4 is 50.2 Å². The Morgan fingerprint density at radius 1 is 0.947 bits per heavy atom. The predicted molar refractivity (Wildman–Crippen MR) is 153 cm³/mol. The average molecular weight is 582 g/mol. The van der Waals surface area contributed by atoms with Crippen LogP contribution in [0.15, 0.2) is 94.4 Å². The minimum atomic E-state index is -0.219. The molecular weight excluding hydrogens is 562 g/mol. The van der Waals surface area contributed by atoms with Crippen molar-refractivity contribution in [2.45, 2.75) is 6.54 Å². The molecule has 0 aliphatic carbocycles. The average Bonchev–Trinajstić information content (AvgIpc) is 3.56. The smallest absolute Gasteiger partial charge is 0.271 e. The first-order valence-corrected chi connectivity index (χ1v) is 13.4. The monoisotopic (exact) mass is 581 g/mol. The summed E-state index contributed by atoms with van der Waals surface area (Å²) >= 11 is 4.66. The van der Waals surface area contributed by atoms with Gasteiger partial charge >= 0.3 is 0 Å². The minimum Gasteiger partial charge on any atom is -0.383 e. The van der Waals surface area contributed by atoms with E-state index in [1.165, 1.54) is 11.3 Å². The van der Waals surface area contributed by atoms with E-state index in [0.717, 1.165) is 33.6 Å². The molecule has 0 saturated heterocycles. The fourth-order valence-electron chi connectivity index (χ4n) is 4.15. The standard InChI is InChI=1S/C28H20BrN7OS/c29-28-35-23(16-38-28)27(37)32-15-17-8-10-19(11-9-17)36-25(20-7-4-14-31-24(20)30)34-22-13-12-21(33-26(22)36)18-5-2-1-3-6-18/h1-14,16H,15H2,(H2,30,31)(H,32,37). The van der Waals surface area contributed by atoms with Crippen molar-refractivity contribution in [3.8, 4) is 28.3 Å². The van der Waals surface area contributed by atoms with E-state index in [0.29, 0.717) is 33.4 Å². The van der Waals surface area contributed by atoms with Crippen molar-refractivity contribution < 1.29 is 4.79 Å². The Balaban J connectivity index is 1.39. The van der Waals surface area contributed by atoms with Crippen LogP contribution in [0.1, 0.15) is 16.1 Å². The van der Waals surface area contributed by atoms with Gasteiger partial charge in [0.15, 0.2) is 15.4 Å². The van der Waals surface area contributed by atoms with Crippen molar-refractivity contribution in [2.75, 3.05) is 5.73 Å². The summed E-state index contributed by atoms with van der Waals surface area (Å²) in [4.78, 5) is 30.7. The van der Waals surface area contributed by atoms with Crippen LogP contribution in [0.4, 0.5) is 5.82 Å². The number of hydrogen-bond donors (Lipinski definition) is 2. The Morgan fingerprint density at radius 3 is 2.50 bits per heavy atom. The highest BCUT2D eigenvalue weighted by molar-refractivity contribution is 9.11. The molecule has 3 N–H and O–H groups in total. The Kier molecular flexibility index (Phi) is 6.40. The highest BCUT2D eigenvalue weighted by Gasteiger charge is 2.19. The van der Waals surface area contributed by atoms with Crippen molar-refractivity contribution in [1.29, 1.82) is 0 Å². The van der Waals surface area contributed by atoms with Gasteiger partial charge in [0.2, 0.25) is 0 Å². The SMILES string of the molecule is Nc1ncccc1-c1nc2ccc(-c3ccccc3)nc2n1-c1ccc(CNC(=O)c2csc(Br)n2)cc1. The number of pyridine rings is 2. The van der Waals surface area contributed by atoms with Gasteiger partial charge in [0.25, 0.3) is 5.91 Å². The second-order valence-corrected chi connectivity index (χ2v) is 10.6. The van der Waals surface area contributed by atoms with Gasteiger partial charge in [-0.3, -0.25) is 9.36 Å². The largest absolute Gasteiger partial charge is 0.383 e. The maximum Gasteiger partial charge on any atom is 0.271 e. The number of carbonyl (C=O) groups excluding carboxylic acids is 1. The predicted octanol–water partition coefficient (Wildman–Crippen LogP) is 5.88. The van der Waals surface area contributed by atoms with E-state index in [1.807, 2.05) is 83.4 Å². The fourth-order valence-corrected chi connectivity index (χ4v) is 5.14. The molecule has 0 unspecified atom stereocenters. The Bertz CT molecular complexity index is 1760. The molecule has 0 saturated carbocycles. The van der Waals surface area contributed by atoms with Gasteiger partial charge in [0, 0.05) is 29.4 Å². The lowest BCUT2D eigenvalue weighted by Crippen LogP contribution is -2.23. The third-order valence-electron chi connectivity index (χ3n) is 6.01. The summed E-state index contributed by atoms with van der Waals surface area (Å²) in [5.41, 5.74) is 12.5. The van der Waals surface area contributed by atoms with Gasteiger partial charge in [0.1, 0.15) is 17.0 Å². The Morgan fingerprint density at radius 2 is 1.76 bits per heavy atom. The molecule has 4 heterocycles. The quantitative estimate of drug-likeness (QED) is 0.254. The number of hydrogen-bond acceptors (Lipinski definition) is 7. The van der Waals surface area contributed by atoms with Crippen LogP contribution >= 0.6 is 27.3 Å². The molecule has 0 fully saturated rings. The number of carbonyl (C=O) groups is 1. The highest BCUT2D eigenvalue weighted by atomic mass is 79.9. The molecule has 38 heavy (non-hydrogen) atoms. The molecule has 0 aliphatic heterocycles. The molecule has 0 aliphatic rings. The Labute approximate surface area is 230 Å². The fraction of sp³-hybridized carbons (Fsp3) is 0.0357. The van der Waals surface area contributed by atoms with Crippen LogP contribution in [0.3, 0.4) is 0 Å². The van der Waals surface area contributed by atoms with Crippen LogP contribution in [-0.4, -0.2) is 30.4 Å². The molecule has 186 valence electrons. The third kappa shape index (κ3) is 4.67. The van der Waals surface area contributed by atoms with E-state index in [-0.39, 0.29) is 5.91 Å². The molecule has 0 spiro atoms. The minimum absolute atomic E-state index is 0.219. The molecule has 0 radical (unpaired) electrons. The first-order chi connectivity index (χ1) is 18.6. The topological polar surface area (TPSA) is 112 Å². The number of nitrogens with one attached hydrogen (secondary N) is 1. The lowest BCUT2D eigenvalue weighted by Gasteiger charge is -2.12. The second kappa shape index (κ2) is 10.2. The molecule has 0 bridgehead atoms. The zero-order valence-corrected chi connectivity index (χ0v) is 22.3. The van der Waals surface area contributed by atoms with E-state index in [4.69, 9.17) is 15.7 Å². The van der Waals surface area contributed by atoms with E-state index in [2.05, 4.69) is 31.2 Å². The Hall–Kier alpha value is -4.41. The summed E-state index contributed by atoms with van der Waals surface area (Å²) in [6.45, 7) is 0.373. The molecule has 6 aromatic rings. The molecule has 2 aromatic carbocycles. The zero-order chi connectivity index (χ0) is 26.1. The van der Waals surface area contributed by atoms with Gasteiger partial charge in [0.05, 0.1) is 11.3 Å². The van der Waals surface area contributed by atoms with E-state index in [9.17, 15) is 4.79 Å². The number of aromatic nitrogens is 5. The number of imidazole rings is 1. The maximum absolute atomic E-state index is 12.4. The van der Waals surface area contributed by atoms with Crippen LogP contribution in [-0.2, 0) is 6.54 Å². The molecule has 8 nitrogen and oxygen atoms in total. The molecule has 1 amide bonds. The number of halogens is 1. The third-order valence-corrected chi connectivity index (χ3v) is 7.37. The van der Waals surface area contributed by atoms with Gasteiger partial charge in [-0.1, -0.05) is 42.5 Å². The van der Waals surface area contributed by atoms with Gasteiger partial charge < -0.3 is 11.1 Å². The van der Waals surface area contributed by atoms with E-state index >= 15 is 0 Å². The highest BCUT2D eigenvalue weighted by Crippen LogP contribution is 2.31. The van der Waals surface area contributed by atoms with E-state index in [1.54, 1.807) is 11.6 Å². The van der Waals surface area contributed by atoms with Crippen LogP contribution in [0.5, 0.6) is 0 Å². The molecule has 4 aromatic heterocycles. The summed E-state index contributed by atoms with van der Waals surface area (Å²) in [5.74, 6) is 0.822. The second-order valence-electron chi connectivity index (χ2n) is 8.45. The number of nitrogens with zero attached hydrogens (tertiary/aromatic N) is 5. The number of fused-ring (bicyclic) bond motifs is 1. The first-order valence-electron chi connectivity index (χ1n) is 11.7. The summed E-state index contributed by atoms with van der Waals surface area (Å²) in [5, 5.41) is 4.63. The summed E-state index contributed by atoms with van der Waals surface area (Å²) in [7, 11) is 0. The van der Waals surface area contributed by atoms with Crippen molar-refractivity contribution in [2.24, 2.45) is 0 Å². The summed E-state index contributed by atoms with van der Waals surface area (Å²) in [6, 6.07) is 25.6. The maximum atomic E-state index is 12.4. The number of amides is 1. The lowest BCUT2D eigenvalue weighted by atomic mass is 10.1. The van der Waals surface area contributed by atoms with Gasteiger partial charge in [-0.25, -0.2) is 19.9 Å². The number of nitrogen functional groups attached to an aromatic ring is 1. The van der Waals surface area contributed by atoms with Gasteiger partial charge in [-0.2, -0.15) is 0 Å². The molecule has 6 rings (SSSR count). The summed E-state index contributed by atoms with van der Waals surface area (Å²) in [6.07, 6.45) is 1.66. The van der Waals surface area contributed by atoms with Crippen LogP contribution < -0.4 is 11.1 Å². The number of anilines is 1. The van der Waals surface area contributed by atoms with Crippen LogP contribution in [0, 0.1) is 0 Å². The normalized spacial score (nSPS) is 11.1. The molecule has 10 heteroatoms. The number of thiazole rings is 1. The molecular formula is C28H20BrN7OS. The van der Waals surface area contributed by atoms with Crippen molar-refractivity contribution in [3.05, 3.63) is 106 Å². The van der Waals surface area contributed by atoms with Gasteiger partial charge in [-0.05, 0) is 57.9 Å². The zero-order valence-electron chi connectivity index (χ0n) is 19.9. The van der Waals surface area contributed by atoms with Crippen molar-refractivity contribution in [3.63, 3.8) is 0 Å². The molecule has 0 atom stereocenters. The van der Waals surface area contributed by atoms with Crippen molar-refractivity contribution in [1.82, 2.24) is 29.8 Å². The van der Waals surface area contributed by atoms with Gasteiger partial charge in [-0.15, -0.1) is 11.3 Å². The van der Waals surface area contributed by atoms with E-state index < -0.39 is 0 Å².